The summed E-state index contributed by atoms with van der Waals surface area (Å²) in [5.74, 6) is 0.522. The van der Waals surface area contributed by atoms with Crippen LogP contribution in [0, 0.1) is 0 Å². The fourth-order valence-corrected chi connectivity index (χ4v) is 5.28. The van der Waals surface area contributed by atoms with Crippen LogP contribution >= 0.6 is 0 Å². The molecule has 0 saturated carbocycles. The Kier molecular flexibility index (Phi) is 9.74. The number of nitrogens with zero attached hydrogens (tertiary/aromatic N) is 1. The quantitative estimate of drug-likeness (QED) is 0.171. The lowest BCUT2D eigenvalue weighted by Gasteiger charge is -2.15. The van der Waals surface area contributed by atoms with Crippen LogP contribution in [0.4, 0.5) is 5.69 Å². The van der Waals surface area contributed by atoms with E-state index < -0.39 is 10.1 Å². The molecule has 1 aliphatic rings. The number of phenolic OH excluding ortho intramolecular Hbond substituents is 1. The highest BCUT2D eigenvalue weighted by atomic mass is 32.2. The number of phenols is 1. The van der Waals surface area contributed by atoms with Gasteiger partial charge < -0.3 is 9.84 Å². The van der Waals surface area contributed by atoms with Gasteiger partial charge in [-0.15, -0.1) is 0 Å². The van der Waals surface area contributed by atoms with Crippen LogP contribution in [0.25, 0.3) is 6.08 Å². The Hall–Kier alpha value is -2.64. The van der Waals surface area contributed by atoms with Crippen LogP contribution in [0.1, 0.15) is 76.8 Å². The van der Waals surface area contributed by atoms with Crippen LogP contribution in [0.2, 0.25) is 0 Å². The standard InChI is InChI=1S/C29H39NO5S/c1-4-5-6-7-8-11-20-35-24-17-15-23(27(31)22-24)16-18-28-29(2,3)25-13-9-10-14-26(25)30(28)19-12-21-36(32,33)34/h9-10,13-18,22H,4-8,11-12,19-21H2,1-3H3,(H,32,33,34)/p+1. The van der Waals surface area contributed by atoms with Crippen LogP contribution in [-0.4, -0.2) is 47.3 Å². The maximum absolute atomic E-state index is 11.2. The van der Waals surface area contributed by atoms with E-state index in [1.54, 1.807) is 6.07 Å². The largest absolute Gasteiger partial charge is 0.507 e. The lowest BCUT2D eigenvalue weighted by atomic mass is 9.81. The SMILES string of the molecule is CCCCCCCCOc1ccc(/C=C/C2=[N+](CCCS(=O)(=O)O)c3ccccc3C2(C)C)c(O)c1. The molecule has 0 aliphatic carbocycles. The second kappa shape index (κ2) is 12.5. The molecule has 0 atom stereocenters. The Balaban J connectivity index is 1.73. The molecule has 0 unspecified atom stereocenters. The summed E-state index contributed by atoms with van der Waals surface area (Å²) >= 11 is 0. The van der Waals surface area contributed by atoms with Crippen molar-refractivity contribution >= 4 is 27.6 Å². The molecule has 2 N–H and O–H groups in total. The van der Waals surface area contributed by atoms with Crippen molar-refractivity contribution in [3.05, 3.63) is 59.7 Å². The number of para-hydroxylation sites is 1. The third-order valence-corrected chi connectivity index (χ3v) is 7.58. The third kappa shape index (κ3) is 7.43. The summed E-state index contributed by atoms with van der Waals surface area (Å²) < 4.78 is 39.6. The van der Waals surface area contributed by atoms with Crippen molar-refractivity contribution in [1.82, 2.24) is 0 Å². The monoisotopic (exact) mass is 514 g/mol. The summed E-state index contributed by atoms with van der Waals surface area (Å²) in [6, 6.07) is 13.4. The average molecular weight is 515 g/mol. The molecule has 3 rings (SSSR count). The molecule has 1 heterocycles. The number of allylic oxidation sites excluding steroid dienone is 1. The van der Waals surface area contributed by atoms with E-state index in [1.165, 1.54) is 25.7 Å². The highest BCUT2D eigenvalue weighted by Gasteiger charge is 2.43. The van der Waals surface area contributed by atoms with E-state index >= 15 is 0 Å². The molecule has 0 aromatic heterocycles. The summed E-state index contributed by atoms with van der Waals surface area (Å²) in [6.45, 7) is 7.58. The Morgan fingerprint density at radius 1 is 0.972 bits per heavy atom. The van der Waals surface area contributed by atoms with E-state index in [0.29, 0.717) is 30.9 Å². The first-order valence-electron chi connectivity index (χ1n) is 13.0. The van der Waals surface area contributed by atoms with Gasteiger partial charge in [0, 0.05) is 35.8 Å². The Labute approximate surface area is 216 Å². The first-order valence-corrected chi connectivity index (χ1v) is 14.6. The summed E-state index contributed by atoms with van der Waals surface area (Å²) in [5.41, 5.74) is 3.56. The number of ether oxygens (including phenoxy) is 1. The van der Waals surface area contributed by atoms with Crippen LogP contribution < -0.4 is 4.74 Å². The molecule has 196 valence electrons. The molecule has 2 aromatic carbocycles. The fraction of sp³-hybridized carbons (Fsp3) is 0.483. The van der Waals surface area contributed by atoms with Gasteiger partial charge in [0.25, 0.3) is 10.1 Å². The second-order valence-corrected chi connectivity index (χ2v) is 11.6. The molecular formula is C29H40NO5S+. The predicted octanol–water partition coefficient (Wildman–Crippen LogP) is 6.50. The van der Waals surface area contributed by atoms with Gasteiger partial charge in [0.05, 0.1) is 17.8 Å². The number of hydrogen-bond acceptors (Lipinski definition) is 4. The van der Waals surface area contributed by atoms with E-state index in [-0.39, 0.29) is 16.9 Å². The first-order chi connectivity index (χ1) is 17.1. The zero-order chi connectivity index (χ0) is 26.2. The van der Waals surface area contributed by atoms with Crippen molar-refractivity contribution in [3.8, 4) is 11.5 Å². The maximum Gasteiger partial charge on any atom is 0.265 e. The molecule has 0 spiro atoms. The summed E-state index contributed by atoms with van der Waals surface area (Å²) in [4.78, 5) is 0. The van der Waals surface area contributed by atoms with Gasteiger partial charge in [-0.3, -0.25) is 4.55 Å². The molecule has 6 nitrogen and oxygen atoms in total. The lowest BCUT2D eigenvalue weighted by Crippen LogP contribution is -2.28. The Morgan fingerprint density at radius 2 is 1.69 bits per heavy atom. The van der Waals surface area contributed by atoms with E-state index in [1.807, 2.05) is 42.5 Å². The highest BCUT2D eigenvalue weighted by Crippen LogP contribution is 2.40. The van der Waals surface area contributed by atoms with E-state index in [2.05, 4.69) is 31.4 Å². The van der Waals surface area contributed by atoms with Gasteiger partial charge in [0.2, 0.25) is 5.69 Å². The van der Waals surface area contributed by atoms with Crippen LogP contribution in [-0.2, 0) is 15.5 Å². The van der Waals surface area contributed by atoms with Crippen LogP contribution in [0.5, 0.6) is 11.5 Å². The van der Waals surface area contributed by atoms with Crippen molar-refractivity contribution in [2.75, 3.05) is 18.9 Å². The zero-order valence-corrected chi connectivity index (χ0v) is 22.6. The molecule has 0 fully saturated rings. The predicted molar refractivity (Wildman–Crippen MR) is 146 cm³/mol. The first kappa shape index (κ1) is 27.9. The lowest BCUT2D eigenvalue weighted by molar-refractivity contribution is -0.437. The van der Waals surface area contributed by atoms with Gasteiger partial charge in [-0.05, 0) is 38.5 Å². The van der Waals surface area contributed by atoms with Crippen molar-refractivity contribution < 1.29 is 27.4 Å². The maximum atomic E-state index is 11.2. The molecule has 1 aliphatic heterocycles. The Morgan fingerprint density at radius 3 is 2.42 bits per heavy atom. The number of rotatable bonds is 14. The minimum Gasteiger partial charge on any atom is -0.507 e. The van der Waals surface area contributed by atoms with Gasteiger partial charge in [-0.25, -0.2) is 0 Å². The van der Waals surface area contributed by atoms with Gasteiger partial charge in [-0.2, -0.15) is 13.0 Å². The minimum absolute atomic E-state index is 0.151. The van der Waals surface area contributed by atoms with E-state index in [4.69, 9.17) is 9.29 Å². The zero-order valence-electron chi connectivity index (χ0n) is 21.7. The van der Waals surface area contributed by atoms with Crippen LogP contribution in [0.15, 0.2) is 48.5 Å². The topological polar surface area (TPSA) is 86.8 Å². The van der Waals surface area contributed by atoms with Gasteiger partial charge >= 0.3 is 0 Å². The van der Waals surface area contributed by atoms with Gasteiger partial charge in [0.15, 0.2) is 5.71 Å². The summed E-state index contributed by atoms with van der Waals surface area (Å²) in [5, 5.41) is 10.6. The molecule has 2 aromatic rings. The number of aromatic hydroxyl groups is 1. The van der Waals surface area contributed by atoms with Gasteiger partial charge in [-0.1, -0.05) is 57.2 Å². The fourth-order valence-electron chi connectivity index (χ4n) is 4.78. The molecular weight excluding hydrogens is 474 g/mol. The van der Waals surface area contributed by atoms with Crippen molar-refractivity contribution in [2.24, 2.45) is 0 Å². The van der Waals surface area contributed by atoms with E-state index in [0.717, 1.165) is 29.8 Å². The number of benzene rings is 2. The molecule has 0 bridgehead atoms. The van der Waals surface area contributed by atoms with Gasteiger partial charge in [0.1, 0.15) is 18.0 Å². The molecule has 0 saturated heterocycles. The third-order valence-electron chi connectivity index (χ3n) is 6.77. The number of hydrogen-bond donors (Lipinski definition) is 2. The van der Waals surface area contributed by atoms with Crippen LogP contribution in [0.3, 0.4) is 0 Å². The van der Waals surface area contributed by atoms with Crippen molar-refractivity contribution in [3.63, 3.8) is 0 Å². The average Bonchev–Trinajstić information content (AvgIpc) is 3.03. The van der Waals surface area contributed by atoms with E-state index in [9.17, 15) is 13.5 Å². The van der Waals surface area contributed by atoms with Crippen molar-refractivity contribution in [2.45, 2.75) is 71.1 Å². The minimum atomic E-state index is -4.02. The normalized spacial score (nSPS) is 15.0. The smallest absolute Gasteiger partial charge is 0.265 e. The highest BCUT2D eigenvalue weighted by molar-refractivity contribution is 7.85. The molecule has 0 amide bonds. The molecule has 36 heavy (non-hydrogen) atoms. The summed E-state index contributed by atoms with van der Waals surface area (Å²) in [7, 11) is -4.02. The number of fused-ring (bicyclic) bond motifs is 1. The Bertz CT molecular complexity index is 1200. The molecule has 7 heteroatoms. The number of unbranched alkanes of at least 4 members (excludes halogenated alkanes) is 5. The second-order valence-electron chi connectivity index (χ2n) is 9.99. The van der Waals surface area contributed by atoms with Crippen molar-refractivity contribution in [1.29, 1.82) is 0 Å². The summed E-state index contributed by atoms with van der Waals surface area (Å²) in [6.07, 6.45) is 11.4. The molecule has 0 radical (unpaired) electrons.